The Morgan fingerprint density at radius 1 is 0.826 bits per heavy atom. The number of phenolic OH excluding ortho intramolecular Hbond substituents is 1. The Hall–Kier alpha value is -2.64. The van der Waals surface area contributed by atoms with Gasteiger partial charge in [-0.15, -0.1) is 0 Å². The van der Waals surface area contributed by atoms with E-state index in [1.807, 2.05) is 0 Å². The zero-order valence-electron chi connectivity index (χ0n) is 26.0. The number of hydrogen-bond donors (Lipinski definition) is 8. The number of rotatable bonds is 17. The Labute approximate surface area is 266 Å². The highest BCUT2D eigenvalue weighted by atomic mass is 16.7. The van der Waals surface area contributed by atoms with Crippen LogP contribution >= 0.6 is 0 Å². The van der Waals surface area contributed by atoms with Crippen molar-refractivity contribution in [1.82, 2.24) is 5.32 Å². The molecule has 2 saturated heterocycles. The topological polar surface area (TPSA) is 243 Å². The summed E-state index contributed by atoms with van der Waals surface area (Å²) < 4.78 is 32.9. The van der Waals surface area contributed by atoms with Gasteiger partial charge in [-0.1, -0.05) is 25.7 Å². The number of phenols is 1. The van der Waals surface area contributed by atoms with Crippen molar-refractivity contribution in [3.05, 3.63) is 23.8 Å². The number of nitrogens with one attached hydrogen (secondary N) is 1. The van der Waals surface area contributed by atoms with Crippen molar-refractivity contribution in [3.8, 4) is 11.5 Å². The Bertz CT molecular complexity index is 1090. The molecule has 10 atom stereocenters. The quantitative estimate of drug-likeness (QED) is 0.0713. The minimum absolute atomic E-state index is 0.0279. The molecule has 16 heteroatoms. The predicted molar refractivity (Wildman–Crippen MR) is 157 cm³/mol. The summed E-state index contributed by atoms with van der Waals surface area (Å²) in [7, 11) is 2.67. The van der Waals surface area contributed by atoms with Gasteiger partial charge in [0.25, 0.3) is 5.91 Å². The molecule has 2 fully saturated rings. The van der Waals surface area contributed by atoms with E-state index < -0.39 is 80.5 Å². The Morgan fingerprint density at radius 3 is 2.11 bits per heavy atom. The van der Waals surface area contributed by atoms with Gasteiger partial charge in [0, 0.05) is 18.6 Å². The highest BCUT2D eigenvalue weighted by molar-refractivity contribution is 5.95. The second kappa shape index (κ2) is 18.6. The number of carbonyl (C=O) groups is 2. The van der Waals surface area contributed by atoms with Crippen LogP contribution < -0.4 is 10.1 Å². The molecule has 3 rings (SSSR count). The molecular weight excluding hydrogens is 614 g/mol. The average Bonchev–Trinajstić information content (AvgIpc) is 3.06. The van der Waals surface area contributed by atoms with E-state index in [0.29, 0.717) is 12.8 Å². The zero-order valence-corrected chi connectivity index (χ0v) is 26.0. The maximum Gasteiger partial charge on any atom is 0.305 e. The molecule has 46 heavy (non-hydrogen) atoms. The lowest BCUT2D eigenvalue weighted by atomic mass is 9.95. The molecule has 0 radical (unpaired) electrons. The molecule has 0 bridgehead atoms. The van der Waals surface area contributed by atoms with Crippen LogP contribution in [0.1, 0.15) is 55.3 Å². The molecule has 1 aromatic carbocycles. The number of hydrogen-bond acceptors (Lipinski definition) is 15. The van der Waals surface area contributed by atoms with Crippen LogP contribution in [-0.4, -0.2) is 143 Å². The van der Waals surface area contributed by atoms with Crippen LogP contribution in [0.25, 0.3) is 0 Å². The minimum Gasteiger partial charge on any atom is -0.504 e. The van der Waals surface area contributed by atoms with Crippen molar-refractivity contribution in [2.45, 2.75) is 106 Å². The van der Waals surface area contributed by atoms with Crippen LogP contribution in [0.15, 0.2) is 18.2 Å². The first-order valence-corrected chi connectivity index (χ1v) is 15.3. The Morgan fingerprint density at radius 2 is 1.46 bits per heavy atom. The first kappa shape index (κ1) is 37.8. The van der Waals surface area contributed by atoms with E-state index in [9.17, 15) is 45.3 Å². The monoisotopic (exact) mass is 661 g/mol. The lowest BCUT2D eigenvalue weighted by Crippen LogP contribution is -2.68. The van der Waals surface area contributed by atoms with Crippen LogP contribution in [-0.2, 0) is 28.5 Å². The smallest absolute Gasteiger partial charge is 0.305 e. The lowest BCUT2D eigenvalue weighted by molar-refractivity contribution is -0.344. The van der Waals surface area contributed by atoms with Crippen LogP contribution in [0.3, 0.4) is 0 Å². The standard InChI is InChI=1S/C30H47NO15/c1-41-18-13-16(10-11-17(18)34)28(40)31-22-27(46-30-26(39)25(38)23(36)19(14-32)45-30)24(37)20(15-33)44-29(22)43-12-8-6-4-3-5-7-9-21(35)42-2/h10-11,13,19-20,22-27,29-30,32-34,36-39H,3-9,12,14-15H2,1-2H3,(H,31,40)/t19?,20?,22?,23-,24+,25?,26?,27?,29+,30?/m0/s1. The maximum absolute atomic E-state index is 13.4. The summed E-state index contributed by atoms with van der Waals surface area (Å²) in [5.41, 5.74) is 0.0611. The molecule has 1 amide bonds. The molecule has 0 aliphatic carbocycles. The van der Waals surface area contributed by atoms with E-state index in [1.54, 1.807) is 0 Å². The molecule has 2 heterocycles. The first-order chi connectivity index (χ1) is 22.1. The zero-order chi connectivity index (χ0) is 33.8. The summed E-state index contributed by atoms with van der Waals surface area (Å²) in [4.78, 5) is 24.6. The van der Waals surface area contributed by atoms with Crippen molar-refractivity contribution >= 4 is 11.9 Å². The highest BCUT2D eigenvalue weighted by Crippen LogP contribution is 2.31. The van der Waals surface area contributed by atoms with Crippen molar-refractivity contribution < 1.29 is 73.8 Å². The third kappa shape index (κ3) is 9.93. The number of esters is 1. The molecular formula is C30H47NO15. The number of aromatic hydroxyl groups is 1. The second-order valence-corrected chi connectivity index (χ2v) is 11.2. The van der Waals surface area contributed by atoms with Crippen LogP contribution in [0.4, 0.5) is 0 Å². The average molecular weight is 662 g/mol. The first-order valence-electron chi connectivity index (χ1n) is 15.3. The van der Waals surface area contributed by atoms with E-state index in [4.69, 9.17) is 23.7 Å². The van der Waals surface area contributed by atoms with Crippen molar-refractivity contribution in [1.29, 1.82) is 0 Å². The number of methoxy groups -OCH3 is 2. The summed E-state index contributed by atoms with van der Waals surface area (Å²) in [6.07, 6.45) is -8.72. The highest BCUT2D eigenvalue weighted by Gasteiger charge is 2.51. The molecule has 2 aliphatic rings. The molecule has 262 valence electrons. The van der Waals surface area contributed by atoms with E-state index >= 15 is 0 Å². The van der Waals surface area contributed by atoms with Crippen LogP contribution in [0.2, 0.25) is 0 Å². The van der Waals surface area contributed by atoms with Crippen molar-refractivity contribution in [2.24, 2.45) is 0 Å². The van der Waals surface area contributed by atoms with Gasteiger partial charge in [0.1, 0.15) is 48.8 Å². The number of amides is 1. The molecule has 8 N–H and O–H groups in total. The number of benzene rings is 1. The fourth-order valence-electron chi connectivity index (χ4n) is 5.29. The number of unbranched alkanes of at least 4 members (excludes halogenated alkanes) is 5. The summed E-state index contributed by atoms with van der Waals surface area (Å²) >= 11 is 0. The molecule has 0 spiro atoms. The van der Waals surface area contributed by atoms with E-state index in [2.05, 4.69) is 10.1 Å². The van der Waals surface area contributed by atoms with Gasteiger partial charge in [-0.25, -0.2) is 0 Å². The van der Waals surface area contributed by atoms with Gasteiger partial charge in [0.2, 0.25) is 0 Å². The van der Waals surface area contributed by atoms with Gasteiger partial charge < -0.3 is 69.5 Å². The molecule has 7 unspecified atom stereocenters. The van der Waals surface area contributed by atoms with Crippen LogP contribution in [0, 0.1) is 0 Å². The number of carbonyl (C=O) groups excluding carboxylic acids is 2. The van der Waals surface area contributed by atoms with Crippen molar-refractivity contribution in [2.75, 3.05) is 34.0 Å². The molecule has 0 aromatic heterocycles. The van der Waals surface area contributed by atoms with Crippen molar-refractivity contribution in [3.63, 3.8) is 0 Å². The number of ether oxygens (including phenoxy) is 6. The SMILES string of the molecule is COC(=O)CCCCCCCCO[C@@H]1OC(CO)[C@@H](O)C(OC2OC(CO)[C@H](O)C(O)C2O)C1NC(=O)c1ccc(O)c(OC)c1. The Balaban J connectivity index is 1.75. The fourth-order valence-corrected chi connectivity index (χ4v) is 5.29. The molecule has 16 nitrogen and oxygen atoms in total. The summed E-state index contributed by atoms with van der Waals surface area (Å²) in [6.45, 7) is -1.23. The second-order valence-electron chi connectivity index (χ2n) is 11.2. The normalized spacial score (nSPS) is 31.3. The Kier molecular flexibility index (Phi) is 15.3. The minimum atomic E-state index is -1.81. The van der Waals surface area contributed by atoms with E-state index in [0.717, 1.165) is 32.1 Å². The summed E-state index contributed by atoms with van der Waals surface area (Å²) in [5.74, 6) is -1.12. The third-order valence-corrected chi connectivity index (χ3v) is 8.02. The molecule has 0 saturated carbocycles. The summed E-state index contributed by atoms with van der Waals surface area (Å²) in [6, 6.07) is 2.59. The van der Waals surface area contributed by atoms with Gasteiger partial charge in [-0.2, -0.15) is 0 Å². The fraction of sp³-hybridized carbons (Fsp3) is 0.733. The van der Waals surface area contributed by atoms with E-state index in [1.165, 1.54) is 32.4 Å². The van der Waals surface area contributed by atoms with Gasteiger partial charge in [-0.3, -0.25) is 9.59 Å². The number of aliphatic hydroxyl groups is 6. The molecule has 2 aliphatic heterocycles. The van der Waals surface area contributed by atoms with E-state index in [-0.39, 0.29) is 29.6 Å². The molecule has 1 aromatic rings. The third-order valence-electron chi connectivity index (χ3n) is 8.02. The lowest BCUT2D eigenvalue weighted by Gasteiger charge is -2.47. The van der Waals surface area contributed by atoms with Gasteiger partial charge in [0.05, 0.1) is 27.4 Å². The number of aliphatic hydroxyl groups excluding tert-OH is 6. The summed E-state index contributed by atoms with van der Waals surface area (Å²) in [5, 5.41) is 74.4. The van der Waals surface area contributed by atoms with Gasteiger partial charge >= 0.3 is 5.97 Å². The van der Waals surface area contributed by atoms with Gasteiger partial charge in [-0.05, 0) is 31.0 Å². The largest absolute Gasteiger partial charge is 0.504 e. The van der Waals surface area contributed by atoms with Crippen LogP contribution in [0.5, 0.6) is 11.5 Å². The maximum atomic E-state index is 13.4. The predicted octanol–water partition coefficient (Wildman–Crippen LogP) is -1.32. The van der Waals surface area contributed by atoms with Gasteiger partial charge in [0.15, 0.2) is 24.1 Å².